The normalized spacial score (nSPS) is 14.3. The van der Waals surface area contributed by atoms with Crippen molar-refractivity contribution in [3.05, 3.63) is 0 Å². The van der Waals surface area contributed by atoms with E-state index in [-0.39, 0.29) is 25.7 Å². The minimum absolute atomic E-state index is 0.105. The maximum absolute atomic E-state index is 13.1. The number of esters is 4. The second kappa shape index (κ2) is 68.5. The van der Waals surface area contributed by atoms with E-state index in [9.17, 15) is 43.2 Å². The fourth-order valence-electron chi connectivity index (χ4n) is 11.9. The Balaban J connectivity index is 5.26. The number of carbonyl (C=O) groups excluding carboxylic acids is 4. The molecule has 0 aliphatic rings. The summed E-state index contributed by atoms with van der Waals surface area (Å²) in [6, 6.07) is 0. The summed E-state index contributed by atoms with van der Waals surface area (Å²) in [4.78, 5) is 72.9. The zero-order chi connectivity index (χ0) is 71.6. The quantitative estimate of drug-likeness (QED) is 0.0222. The number of rotatable bonds is 76. The molecule has 0 radical (unpaired) electrons. The van der Waals surface area contributed by atoms with Gasteiger partial charge in [0.1, 0.15) is 19.3 Å². The van der Waals surface area contributed by atoms with Gasteiger partial charge in [-0.25, -0.2) is 9.13 Å². The van der Waals surface area contributed by atoms with Crippen molar-refractivity contribution < 1.29 is 80.2 Å². The van der Waals surface area contributed by atoms with Gasteiger partial charge < -0.3 is 33.8 Å². The first-order valence-electron chi connectivity index (χ1n) is 40.4. The number of hydrogen-bond donors (Lipinski definition) is 3. The van der Waals surface area contributed by atoms with Crippen LogP contribution in [0.5, 0.6) is 0 Å². The number of phosphoric ester groups is 2. The summed E-state index contributed by atoms with van der Waals surface area (Å²) in [5.41, 5.74) is 0. The lowest BCUT2D eigenvalue weighted by atomic mass is 9.99. The molecule has 6 atom stereocenters. The molecule has 0 spiro atoms. The van der Waals surface area contributed by atoms with Gasteiger partial charge in [-0.1, -0.05) is 350 Å². The largest absolute Gasteiger partial charge is 0.472 e. The number of ether oxygens (including phenoxy) is 4. The van der Waals surface area contributed by atoms with Gasteiger partial charge in [0.05, 0.1) is 26.4 Å². The molecule has 576 valence electrons. The Labute approximate surface area is 594 Å². The minimum atomic E-state index is -4.96. The third kappa shape index (κ3) is 70.9. The van der Waals surface area contributed by atoms with Gasteiger partial charge in [0.2, 0.25) is 0 Å². The van der Waals surface area contributed by atoms with Crippen molar-refractivity contribution in [3.63, 3.8) is 0 Å². The Morgan fingerprint density at radius 1 is 0.299 bits per heavy atom. The Hall–Kier alpha value is -1.94. The van der Waals surface area contributed by atoms with E-state index < -0.39 is 97.5 Å². The van der Waals surface area contributed by atoms with Crippen molar-refractivity contribution in [2.24, 2.45) is 17.8 Å². The molecule has 19 heteroatoms. The van der Waals surface area contributed by atoms with Gasteiger partial charge in [0.15, 0.2) is 12.2 Å². The maximum atomic E-state index is 13.1. The molecule has 0 saturated heterocycles. The average molecular weight is 1420 g/mol. The molecule has 3 unspecified atom stereocenters. The fourth-order valence-corrected chi connectivity index (χ4v) is 13.5. The monoisotopic (exact) mass is 1420 g/mol. The van der Waals surface area contributed by atoms with Crippen LogP contribution in [0.15, 0.2) is 0 Å². The van der Waals surface area contributed by atoms with Crippen LogP contribution in [0.3, 0.4) is 0 Å². The summed E-state index contributed by atoms with van der Waals surface area (Å²) in [5.74, 6) is 0.202. The molecule has 0 aromatic rings. The van der Waals surface area contributed by atoms with Crippen LogP contribution in [0.1, 0.15) is 402 Å². The van der Waals surface area contributed by atoms with Gasteiger partial charge in [-0.15, -0.1) is 0 Å². The molecular weight excluding hydrogens is 1270 g/mol. The summed E-state index contributed by atoms with van der Waals surface area (Å²) >= 11 is 0. The first kappa shape index (κ1) is 95.1. The van der Waals surface area contributed by atoms with E-state index in [0.717, 1.165) is 108 Å². The summed E-state index contributed by atoms with van der Waals surface area (Å²) in [5, 5.41) is 10.6. The van der Waals surface area contributed by atoms with Crippen LogP contribution in [0.4, 0.5) is 0 Å². The van der Waals surface area contributed by atoms with Crippen molar-refractivity contribution in [3.8, 4) is 0 Å². The van der Waals surface area contributed by atoms with Gasteiger partial charge in [0, 0.05) is 25.7 Å². The molecule has 0 heterocycles. The zero-order valence-corrected chi connectivity index (χ0v) is 65.3. The number of hydrogen-bond acceptors (Lipinski definition) is 15. The molecule has 0 aliphatic heterocycles. The molecule has 0 aromatic heterocycles. The van der Waals surface area contributed by atoms with Crippen molar-refractivity contribution in [2.45, 2.75) is 420 Å². The third-order valence-corrected chi connectivity index (χ3v) is 20.4. The lowest BCUT2D eigenvalue weighted by Gasteiger charge is -2.21. The lowest BCUT2D eigenvalue weighted by Crippen LogP contribution is -2.30. The van der Waals surface area contributed by atoms with Crippen LogP contribution in [0.25, 0.3) is 0 Å². The Morgan fingerprint density at radius 3 is 0.784 bits per heavy atom. The van der Waals surface area contributed by atoms with Gasteiger partial charge in [-0.2, -0.15) is 0 Å². The topological polar surface area (TPSA) is 237 Å². The molecule has 0 rings (SSSR count). The Bertz CT molecular complexity index is 1890. The molecule has 0 aromatic carbocycles. The van der Waals surface area contributed by atoms with Crippen LogP contribution in [0, 0.1) is 17.8 Å². The first-order valence-corrected chi connectivity index (χ1v) is 43.4. The van der Waals surface area contributed by atoms with Gasteiger partial charge in [-0.05, 0) is 43.4 Å². The Kier molecular flexibility index (Phi) is 67.1. The van der Waals surface area contributed by atoms with Crippen LogP contribution >= 0.6 is 15.6 Å². The lowest BCUT2D eigenvalue weighted by molar-refractivity contribution is -0.161. The summed E-state index contributed by atoms with van der Waals surface area (Å²) in [6.07, 6.45) is 55.4. The molecule has 17 nitrogen and oxygen atoms in total. The third-order valence-electron chi connectivity index (χ3n) is 18.5. The minimum Gasteiger partial charge on any atom is -0.462 e. The summed E-state index contributed by atoms with van der Waals surface area (Å²) in [7, 11) is -9.92. The summed E-state index contributed by atoms with van der Waals surface area (Å²) < 4.78 is 68.6. The number of phosphoric acid groups is 2. The van der Waals surface area contributed by atoms with E-state index in [2.05, 4.69) is 48.5 Å². The van der Waals surface area contributed by atoms with Crippen molar-refractivity contribution >= 4 is 39.5 Å². The number of carbonyl (C=O) groups is 4. The summed E-state index contributed by atoms with van der Waals surface area (Å²) in [6.45, 7) is 11.9. The van der Waals surface area contributed by atoms with Crippen molar-refractivity contribution in [1.29, 1.82) is 0 Å². The van der Waals surface area contributed by atoms with E-state index in [4.69, 9.17) is 37.0 Å². The van der Waals surface area contributed by atoms with Crippen molar-refractivity contribution in [1.82, 2.24) is 0 Å². The smallest absolute Gasteiger partial charge is 0.462 e. The molecule has 0 saturated carbocycles. The number of unbranched alkanes of at least 4 members (excludes halogenated alkanes) is 43. The SMILES string of the molecule is CCCCCCCCCCCCCCCCCC(=O)OC[C@H](COP(=O)(O)OC[C@@H](O)COP(=O)(O)OC[C@@H](COC(=O)CCCCCCCCCCC(C)CC)OC(=O)CCCCCCCCCCCC(C)C)OC(=O)CCCCCCCCCCCCCCCCCC(C)C. The standard InChI is InChI=1S/C78H152O17P2/c1-8-10-11-12-13-14-15-16-18-22-25-30-38-45-52-59-75(80)88-65-73(94-77(82)61-54-47-40-31-26-23-20-17-19-21-24-28-35-42-49-56-69(3)4)67-92-96(84,85)90-63-72(79)64-91-97(86,87)93-68-74(95-78(83)62-55-48-41-32-27-29-36-43-50-57-70(5)6)66-89-76(81)60-53-46-39-34-33-37-44-51-58-71(7)9-2/h69-74,79H,8-68H2,1-7H3,(H,84,85)(H,86,87)/t71?,72-,73-,74-/m1/s1. The molecule has 0 fully saturated rings. The molecule has 0 aliphatic carbocycles. The Morgan fingerprint density at radius 2 is 0.526 bits per heavy atom. The van der Waals surface area contributed by atoms with Crippen molar-refractivity contribution in [2.75, 3.05) is 39.6 Å². The number of aliphatic hydroxyl groups excluding tert-OH is 1. The van der Waals surface area contributed by atoms with E-state index in [0.29, 0.717) is 25.7 Å². The van der Waals surface area contributed by atoms with Crippen LogP contribution in [0.2, 0.25) is 0 Å². The molecule has 0 bridgehead atoms. The van der Waals surface area contributed by atoms with E-state index in [1.807, 2.05) is 0 Å². The maximum Gasteiger partial charge on any atom is 0.472 e. The van der Waals surface area contributed by atoms with Gasteiger partial charge in [0.25, 0.3) is 0 Å². The zero-order valence-electron chi connectivity index (χ0n) is 63.5. The predicted octanol–water partition coefficient (Wildman–Crippen LogP) is 23.0. The second-order valence-electron chi connectivity index (χ2n) is 29.3. The van der Waals surface area contributed by atoms with E-state index in [1.54, 1.807) is 0 Å². The highest BCUT2D eigenvalue weighted by atomic mass is 31.2. The molecule has 97 heavy (non-hydrogen) atoms. The van der Waals surface area contributed by atoms with E-state index >= 15 is 0 Å². The van der Waals surface area contributed by atoms with Gasteiger partial charge >= 0.3 is 39.5 Å². The second-order valence-corrected chi connectivity index (χ2v) is 32.2. The molecule has 0 amide bonds. The van der Waals surface area contributed by atoms with Crippen LogP contribution < -0.4 is 0 Å². The average Bonchev–Trinajstić information content (AvgIpc) is 1.51. The first-order chi connectivity index (χ1) is 46.8. The van der Waals surface area contributed by atoms with Crippen LogP contribution in [-0.2, 0) is 65.4 Å². The highest BCUT2D eigenvalue weighted by Gasteiger charge is 2.30. The molecule has 3 N–H and O–H groups in total. The van der Waals surface area contributed by atoms with Gasteiger partial charge in [-0.3, -0.25) is 37.3 Å². The predicted molar refractivity (Wildman–Crippen MR) is 395 cm³/mol. The van der Waals surface area contributed by atoms with E-state index in [1.165, 1.54) is 212 Å². The van der Waals surface area contributed by atoms with Crippen LogP contribution in [-0.4, -0.2) is 96.7 Å². The highest BCUT2D eigenvalue weighted by molar-refractivity contribution is 7.47. The molecular formula is C78H152O17P2. The fraction of sp³-hybridized carbons (Fsp3) is 0.949. The highest BCUT2D eigenvalue weighted by Crippen LogP contribution is 2.45. The number of aliphatic hydroxyl groups is 1.